The molecule has 4 rings (SSSR count). The fourth-order valence-electron chi connectivity index (χ4n) is 2.43. The molecule has 0 aliphatic heterocycles. The van der Waals surface area contributed by atoms with Gasteiger partial charge in [-0.05, 0) is 53.2 Å². The standard InChI is InChI=1S/C15H10BrN3S/c16-10-1-3-12-13(8-10)19(15(17)18-12)11-2-4-14-9(7-11)5-6-20-14/h1-8H,(H2,17,18). The van der Waals surface area contributed by atoms with Crippen LogP contribution in [0.2, 0.25) is 0 Å². The molecule has 5 heteroatoms. The second-order valence-corrected chi connectivity index (χ2v) is 6.44. The summed E-state index contributed by atoms with van der Waals surface area (Å²) in [7, 11) is 0. The third kappa shape index (κ3) is 1.74. The molecule has 0 amide bonds. The summed E-state index contributed by atoms with van der Waals surface area (Å²) in [6.45, 7) is 0. The highest BCUT2D eigenvalue weighted by molar-refractivity contribution is 9.10. The van der Waals surface area contributed by atoms with Gasteiger partial charge in [0.15, 0.2) is 0 Å². The zero-order valence-corrected chi connectivity index (χ0v) is 12.8. The molecule has 2 heterocycles. The van der Waals surface area contributed by atoms with Crippen LogP contribution in [0, 0.1) is 0 Å². The van der Waals surface area contributed by atoms with Crippen LogP contribution in [-0.2, 0) is 0 Å². The van der Waals surface area contributed by atoms with Gasteiger partial charge in [0.1, 0.15) is 0 Å². The molecule has 98 valence electrons. The van der Waals surface area contributed by atoms with E-state index in [1.807, 2.05) is 22.8 Å². The van der Waals surface area contributed by atoms with Gasteiger partial charge < -0.3 is 5.73 Å². The first-order chi connectivity index (χ1) is 9.72. The van der Waals surface area contributed by atoms with Crippen LogP contribution in [0.5, 0.6) is 0 Å². The molecule has 0 fully saturated rings. The average Bonchev–Trinajstić information content (AvgIpc) is 3.00. The molecule has 2 aromatic carbocycles. The monoisotopic (exact) mass is 343 g/mol. The number of halogens is 1. The normalized spacial score (nSPS) is 11.4. The van der Waals surface area contributed by atoms with E-state index in [1.165, 1.54) is 10.1 Å². The fourth-order valence-corrected chi connectivity index (χ4v) is 3.55. The Morgan fingerprint density at radius 1 is 1.10 bits per heavy atom. The molecule has 3 nitrogen and oxygen atoms in total. The molecule has 4 aromatic rings. The average molecular weight is 344 g/mol. The SMILES string of the molecule is Nc1nc2ccc(Br)cc2n1-c1ccc2sccc2c1. The van der Waals surface area contributed by atoms with Gasteiger partial charge in [-0.1, -0.05) is 15.9 Å². The van der Waals surface area contributed by atoms with Crippen molar-refractivity contribution in [1.29, 1.82) is 0 Å². The van der Waals surface area contributed by atoms with E-state index in [2.05, 4.69) is 50.6 Å². The lowest BCUT2D eigenvalue weighted by molar-refractivity contribution is 1.11. The van der Waals surface area contributed by atoms with Gasteiger partial charge in [0, 0.05) is 14.9 Å². The van der Waals surface area contributed by atoms with Crippen molar-refractivity contribution < 1.29 is 0 Å². The van der Waals surface area contributed by atoms with Crippen LogP contribution in [0.3, 0.4) is 0 Å². The first kappa shape index (κ1) is 11.9. The molecule has 0 aliphatic carbocycles. The van der Waals surface area contributed by atoms with Gasteiger partial charge in [-0.3, -0.25) is 4.57 Å². The minimum Gasteiger partial charge on any atom is -0.369 e. The Labute approximate surface area is 127 Å². The number of nitrogens with two attached hydrogens (primary N) is 1. The number of nitrogens with zero attached hydrogens (tertiary/aromatic N) is 2. The quantitative estimate of drug-likeness (QED) is 0.549. The van der Waals surface area contributed by atoms with E-state index < -0.39 is 0 Å². The molecule has 2 aromatic heterocycles. The lowest BCUT2D eigenvalue weighted by atomic mass is 10.2. The van der Waals surface area contributed by atoms with Gasteiger partial charge in [-0.25, -0.2) is 4.98 Å². The van der Waals surface area contributed by atoms with Crippen molar-refractivity contribution in [2.75, 3.05) is 5.73 Å². The Balaban J connectivity index is 2.05. The Morgan fingerprint density at radius 3 is 2.90 bits per heavy atom. The molecular weight excluding hydrogens is 334 g/mol. The molecule has 0 bridgehead atoms. The molecule has 0 atom stereocenters. The maximum Gasteiger partial charge on any atom is 0.205 e. The van der Waals surface area contributed by atoms with Gasteiger partial charge in [0.25, 0.3) is 0 Å². The van der Waals surface area contributed by atoms with E-state index in [9.17, 15) is 0 Å². The number of anilines is 1. The maximum absolute atomic E-state index is 6.09. The van der Waals surface area contributed by atoms with Crippen molar-refractivity contribution >= 4 is 54.3 Å². The fraction of sp³-hybridized carbons (Fsp3) is 0. The third-order valence-electron chi connectivity index (χ3n) is 3.34. The van der Waals surface area contributed by atoms with E-state index >= 15 is 0 Å². The minimum absolute atomic E-state index is 0.507. The van der Waals surface area contributed by atoms with Crippen molar-refractivity contribution in [1.82, 2.24) is 9.55 Å². The van der Waals surface area contributed by atoms with Crippen LogP contribution in [-0.4, -0.2) is 9.55 Å². The van der Waals surface area contributed by atoms with Gasteiger partial charge in [0.05, 0.1) is 11.0 Å². The van der Waals surface area contributed by atoms with Crippen LogP contribution in [0.15, 0.2) is 52.3 Å². The molecule has 0 radical (unpaired) electrons. The molecule has 2 N–H and O–H groups in total. The summed E-state index contributed by atoms with van der Waals surface area (Å²) >= 11 is 5.24. The first-order valence-electron chi connectivity index (χ1n) is 6.13. The lowest BCUT2D eigenvalue weighted by Crippen LogP contribution is -2.00. The summed E-state index contributed by atoms with van der Waals surface area (Å²) in [4.78, 5) is 4.42. The lowest BCUT2D eigenvalue weighted by Gasteiger charge is -2.07. The number of aromatic nitrogens is 2. The van der Waals surface area contributed by atoms with E-state index in [0.717, 1.165) is 21.2 Å². The van der Waals surface area contributed by atoms with Crippen molar-refractivity contribution in [2.24, 2.45) is 0 Å². The number of rotatable bonds is 1. The summed E-state index contributed by atoms with van der Waals surface area (Å²) in [6.07, 6.45) is 0. The second-order valence-electron chi connectivity index (χ2n) is 4.58. The number of benzene rings is 2. The molecule has 20 heavy (non-hydrogen) atoms. The van der Waals surface area contributed by atoms with E-state index in [-0.39, 0.29) is 0 Å². The van der Waals surface area contributed by atoms with E-state index in [1.54, 1.807) is 11.3 Å². The highest BCUT2D eigenvalue weighted by atomic mass is 79.9. The molecule has 0 aliphatic rings. The highest BCUT2D eigenvalue weighted by Gasteiger charge is 2.11. The van der Waals surface area contributed by atoms with Crippen LogP contribution in [0.4, 0.5) is 5.95 Å². The van der Waals surface area contributed by atoms with Crippen molar-refractivity contribution in [3.63, 3.8) is 0 Å². The van der Waals surface area contributed by atoms with Gasteiger partial charge in [0.2, 0.25) is 5.95 Å². The van der Waals surface area contributed by atoms with Crippen molar-refractivity contribution in [2.45, 2.75) is 0 Å². The molecular formula is C15H10BrN3S. The summed E-state index contributed by atoms with van der Waals surface area (Å²) in [6, 6.07) is 14.4. The summed E-state index contributed by atoms with van der Waals surface area (Å²) in [5, 5.41) is 3.32. The number of imidazole rings is 1. The summed E-state index contributed by atoms with van der Waals surface area (Å²) in [5.74, 6) is 0.507. The number of fused-ring (bicyclic) bond motifs is 2. The zero-order chi connectivity index (χ0) is 13.7. The van der Waals surface area contributed by atoms with Gasteiger partial charge in [-0.15, -0.1) is 11.3 Å². The van der Waals surface area contributed by atoms with Crippen LogP contribution in [0.25, 0.3) is 26.8 Å². The van der Waals surface area contributed by atoms with Crippen molar-refractivity contribution in [3.05, 3.63) is 52.3 Å². The van der Waals surface area contributed by atoms with Crippen LogP contribution in [0.1, 0.15) is 0 Å². The first-order valence-corrected chi connectivity index (χ1v) is 7.81. The molecule has 0 spiro atoms. The number of thiophene rings is 1. The highest BCUT2D eigenvalue weighted by Crippen LogP contribution is 2.29. The van der Waals surface area contributed by atoms with Crippen LogP contribution < -0.4 is 5.73 Å². The molecule has 0 unspecified atom stereocenters. The number of hydrogen-bond acceptors (Lipinski definition) is 3. The number of hydrogen-bond donors (Lipinski definition) is 1. The predicted molar refractivity (Wildman–Crippen MR) is 88.6 cm³/mol. The van der Waals surface area contributed by atoms with Gasteiger partial charge in [-0.2, -0.15) is 0 Å². The largest absolute Gasteiger partial charge is 0.369 e. The summed E-state index contributed by atoms with van der Waals surface area (Å²) in [5.41, 5.74) is 9.04. The second kappa shape index (κ2) is 4.33. The molecule has 0 saturated carbocycles. The van der Waals surface area contributed by atoms with Gasteiger partial charge >= 0.3 is 0 Å². The Kier molecular flexibility index (Phi) is 2.58. The number of nitrogen functional groups attached to an aromatic ring is 1. The molecule has 0 saturated heterocycles. The van der Waals surface area contributed by atoms with Crippen molar-refractivity contribution in [3.8, 4) is 5.69 Å². The topological polar surface area (TPSA) is 43.8 Å². The maximum atomic E-state index is 6.09. The Hall–Kier alpha value is -1.85. The zero-order valence-electron chi connectivity index (χ0n) is 10.4. The third-order valence-corrected chi connectivity index (χ3v) is 4.73. The van der Waals surface area contributed by atoms with E-state index in [0.29, 0.717) is 5.95 Å². The predicted octanol–water partition coefficient (Wildman–Crippen LogP) is 4.58. The van der Waals surface area contributed by atoms with E-state index in [4.69, 9.17) is 5.73 Å². The Morgan fingerprint density at radius 2 is 2.00 bits per heavy atom. The minimum atomic E-state index is 0.507. The smallest absolute Gasteiger partial charge is 0.205 e. The summed E-state index contributed by atoms with van der Waals surface area (Å²) < 4.78 is 4.28. The van der Waals surface area contributed by atoms with Crippen LogP contribution >= 0.6 is 27.3 Å². The Bertz CT molecular complexity index is 939.